The predicted molar refractivity (Wildman–Crippen MR) is 75.1 cm³/mol. The number of amides is 2. The smallest absolute Gasteiger partial charge is 0.322 e. The molecule has 1 aliphatic heterocycles. The fraction of sp³-hybridized carbons (Fsp3) is 0.500. The number of anilines is 1. The third-order valence-corrected chi connectivity index (χ3v) is 3.84. The summed E-state index contributed by atoms with van der Waals surface area (Å²) in [6.45, 7) is 2.85. The second-order valence-electron chi connectivity index (χ2n) is 4.81. The van der Waals surface area contributed by atoms with Crippen LogP contribution in [0.25, 0.3) is 0 Å². The van der Waals surface area contributed by atoms with E-state index in [0.29, 0.717) is 5.69 Å². The molecule has 1 aliphatic rings. The molecule has 3 nitrogen and oxygen atoms in total. The number of carbonyl (C=O) groups is 1. The van der Waals surface area contributed by atoms with E-state index in [-0.39, 0.29) is 17.1 Å². The number of hydrogen-bond donors (Lipinski definition) is 1. The van der Waals surface area contributed by atoms with Gasteiger partial charge in [-0.1, -0.05) is 18.5 Å². The number of halogens is 2. The first-order valence-corrected chi connectivity index (χ1v) is 7.02. The molecule has 0 bridgehead atoms. The second-order valence-corrected chi connectivity index (χ2v) is 5.21. The van der Waals surface area contributed by atoms with Gasteiger partial charge >= 0.3 is 6.03 Å². The van der Waals surface area contributed by atoms with Crippen LogP contribution < -0.4 is 5.32 Å². The number of hydrogen-bond acceptors (Lipinski definition) is 1. The number of likely N-dealkylation sites (tertiary alicyclic amines) is 1. The largest absolute Gasteiger partial charge is 0.322 e. The van der Waals surface area contributed by atoms with E-state index < -0.39 is 5.82 Å². The molecule has 1 saturated heterocycles. The van der Waals surface area contributed by atoms with Crippen molar-refractivity contribution in [2.45, 2.75) is 38.6 Å². The van der Waals surface area contributed by atoms with Crippen LogP contribution in [0.4, 0.5) is 14.9 Å². The van der Waals surface area contributed by atoms with E-state index in [9.17, 15) is 9.18 Å². The van der Waals surface area contributed by atoms with Crippen molar-refractivity contribution in [3.63, 3.8) is 0 Å². The van der Waals surface area contributed by atoms with Gasteiger partial charge in [-0.2, -0.15) is 0 Å². The number of benzene rings is 1. The normalized spacial score (nSPS) is 19.3. The molecule has 0 saturated carbocycles. The molecular formula is C14H18ClFN2O. The van der Waals surface area contributed by atoms with E-state index in [1.807, 2.05) is 4.90 Å². The van der Waals surface area contributed by atoms with Crippen LogP contribution in [-0.2, 0) is 0 Å². The molecule has 104 valence electrons. The Labute approximate surface area is 117 Å². The Hall–Kier alpha value is -1.29. The summed E-state index contributed by atoms with van der Waals surface area (Å²) in [6, 6.07) is 4.10. The fourth-order valence-corrected chi connectivity index (χ4v) is 2.68. The average Bonchev–Trinajstić information content (AvgIpc) is 2.41. The van der Waals surface area contributed by atoms with Gasteiger partial charge in [-0.05, 0) is 43.9 Å². The third-order valence-electron chi connectivity index (χ3n) is 3.53. The standard InChI is InChI=1S/C14H18ClFN2O/c1-2-11-5-3-4-8-18(11)14(19)17-13-7-6-10(16)9-12(13)15/h6-7,9,11H,2-5,8H2,1H3,(H,17,19)/t11-/m1/s1. The fourth-order valence-electron chi connectivity index (χ4n) is 2.47. The highest BCUT2D eigenvalue weighted by Gasteiger charge is 2.25. The summed E-state index contributed by atoms with van der Waals surface area (Å²) in [5.74, 6) is -0.410. The Balaban J connectivity index is 2.07. The number of nitrogens with zero attached hydrogens (tertiary/aromatic N) is 1. The van der Waals surface area contributed by atoms with Crippen LogP contribution in [-0.4, -0.2) is 23.5 Å². The quantitative estimate of drug-likeness (QED) is 0.864. The summed E-state index contributed by atoms with van der Waals surface area (Å²) in [7, 11) is 0. The molecule has 0 unspecified atom stereocenters. The molecule has 1 aromatic rings. The van der Waals surface area contributed by atoms with Crippen LogP contribution in [0.2, 0.25) is 5.02 Å². The molecule has 1 aromatic carbocycles. The summed E-state index contributed by atoms with van der Waals surface area (Å²) in [6.07, 6.45) is 4.19. The molecule has 0 spiro atoms. The Morgan fingerprint density at radius 1 is 1.53 bits per heavy atom. The maximum absolute atomic E-state index is 12.9. The van der Waals surface area contributed by atoms with Gasteiger partial charge in [-0.3, -0.25) is 0 Å². The Bertz CT molecular complexity index is 467. The van der Waals surface area contributed by atoms with Crippen molar-refractivity contribution < 1.29 is 9.18 Å². The minimum atomic E-state index is -0.410. The lowest BCUT2D eigenvalue weighted by atomic mass is 10.0. The predicted octanol–water partition coefficient (Wildman–Crippen LogP) is 4.28. The number of carbonyl (C=O) groups excluding carboxylic acids is 1. The van der Waals surface area contributed by atoms with Crippen molar-refractivity contribution in [1.82, 2.24) is 4.90 Å². The molecule has 1 fully saturated rings. The number of rotatable bonds is 2. The van der Waals surface area contributed by atoms with Crippen LogP contribution in [0.5, 0.6) is 0 Å². The molecular weight excluding hydrogens is 267 g/mol. The Morgan fingerprint density at radius 3 is 3.00 bits per heavy atom. The Morgan fingerprint density at radius 2 is 2.32 bits per heavy atom. The van der Waals surface area contributed by atoms with Crippen LogP contribution >= 0.6 is 11.6 Å². The molecule has 2 rings (SSSR count). The van der Waals surface area contributed by atoms with E-state index in [1.54, 1.807) is 0 Å². The lowest BCUT2D eigenvalue weighted by Gasteiger charge is -2.35. The van der Waals surface area contributed by atoms with Crippen molar-refractivity contribution in [2.24, 2.45) is 0 Å². The molecule has 1 heterocycles. The molecule has 1 atom stereocenters. The summed E-state index contributed by atoms with van der Waals surface area (Å²) in [5.41, 5.74) is 0.452. The van der Waals surface area contributed by atoms with Gasteiger partial charge in [-0.15, -0.1) is 0 Å². The van der Waals surface area contributed by atoms with Crippen LogP contribution in [0, 0.1) is 5.82 Å². The third kappa shape index (κ3) is 3.38. The van der Waals surface area contributed by atoms with Gasteiger partial charge in [0.1, 0.15) is 5.82 Å². The maximum atomic E-state index is 12.9. The van der Waals surface area contributed by atoms with Crippen LogP contribution in [0.1, 0.15) is 32.6 Å². The van der Waals surface area contributed by atoms with Gasteiger partial charge in [-0.25, -0.2) is 9.18 Å². The minimum Gasteiger partial charge on any atom is -0.322 e. The lowest BCUT2D eigenvalue weighted by molar-refractivity contribution is 0.160. The second kappa shape index (κ2) is 6.24. The van der Waals surface area contributed by atoms with Crippen molar-refractivity contribution in [3.8, 4) is 0 Å². The van der Waals surface area contributed by atoms with Crippen LogP contribution in [0.15, 0.2) is 18.2 Å². The zero-order valence-corrected chi connectivity index (χ0v) is 11.7. The molecule has 0 aromatic heterocycles. The molecule has 19 heavy (non-hydrogen) atoms. The van der Waals surface area contributed by atoms with Gasteiger partial charge in [0.05, 0.1) is 10.7 Å². The minimum absolute atomic E-state index is 0.153. The monoisotopic (exact) mass is 284 g/mol. The first kappa shape index (κ1) is 14.1. The van der Waals surface area contributed by atoms with Gasteiger partial charge < -0.3 is 10.2 Å². The summed E-state index contributed by atoms with van der Waals surface area (Å²) >= 11 is 5.91. The van der Waals surface area contributed by atoms with E-state index in [1.165, 1.54) is 24.6 Å². The zero-order valence-electron chi connectivity index (χ0n) is 11.0. The van der Waals surface area contributed by atoms with Crippen molar-refractivity contribution in [1.29, 1.82) is 0 Å². The van der Waals surface area contributed by atoms with Gasteiger partial charge in [0.15, 0.2) is 0 Å². The molecule has 2 amide bonds. The Kier molecular flexibility index (Phi) is 4.64. The van der Waals surface area contributed by atoms with Crippen molar-refractivity contribution >= 4 is 23.3 Å². The number of nitrogens with one attached hydrogen (secondary N) is 1. The first-order valence-electron chi connectivity index (χ1n) is 6.64. The highest BCUT2D eigenvalue weighted by Crippen LogP contribution is 2.25. The maximum Gasteiger partial charge on any atom is 0.322 e. The summed E-state index contributed by atoms with van der Waals surface area (Å²) < 4.78 is 12.9. The van der Waals surface area contributed by atoms with Crippen LogP contribution in [0.3, 0.4) is 0 Å². The van der Waals surface area contributed by atoms with Gasteiger partial charge in [0, 0.05) is 12.6 Å². The highest BCUT2D eigenvalue weighted by molar-refractivity contribution is 6.33. The van der Waals surface area contributed by atoms with Gasteiger partial charge in [0.25, 0.3) is 0 Å². The van der Waals surface area contributed by atoms with Crippen molar-refractivity contribution in [2.75, 3.05) is 11.9 Å². The average molecular weight is 285 g/mol. The van der Waals surface area contributed by atoms with Crippen molar-refractivity contribution in [3.05, 3.63) is 29.0 Å². The van der Waals surface area contributed by atoms with E-state index in [0.717, 1.165) is 25.8 Å². The highest BCUT2D eigenvalue weighted by atomic mass is 35.5. The number of urea groups is 1. The lowest BCUT2D eigenvalue weighted by Crippen LogP contribution is -2.45. The SMILES string of the molecule is CC[C@@H]1CCCCN1C(=O)Nc1ccc(F)cc1Cl. The topological polar surface area (TPSA) is 32.3 Å². The van der Waals surface area contributed by atoms with E-state index in [2.05, 4.69) is 12.2 Å². The summed E-state index contributed by atoms with van der Waals surface area (Å²) in [5, 5.41) is 2.98. The first-order chi connectivity index (χ1) is 9.11. The molecule has 5 heteroatoms. The van der Waals surface area contributed by atoms with E-state index >= 15 is 0 Å². The number of piperidine rings is 1. The zero-order chi connectivity index (χ0) is 13.8. The summed E-state index contributed by atoms with van der Waals surface area (Å²) in [4.78, 5) is 14.1. The molecule has 0 aliphatic carbocycles. The molecule has 0 radical (unpaired) electrons. The van der Waals surface area contributed by atoms with Gasteiger partial charge in [0.2, 0.25) is 0 Å². The van der Waals surface area contributed by atoms with E-state index in [4.69, 9.17) is 11.6 Å². The molecule has 1 N–H and O–H groups in total.